The fourth-order valence-electron chi connectivity index (χ4n) is 3.92. The molecule has 0 bridgehead atoms. The molecule has 0 aromatic heterocycles. The van der Waals surface area contributed by atoms with E-state index in [0.29, 0.717) is 17.7 Å². The zero-order chi connectivity index (χ0) is 25.2. The zero-order valence-electron chi connectivity index (χ0n) is 19.6. The van der Waals surface area contributed by atoms with Gasteiger partial charge in [-0.2, -0.15) is 13.2 Å². The van der Waals surface area contributed by atoms with Gasteiger partial charge in [0.05, 0.1) is 5.76 Å². The van der Waals surface area contributed by atoms with E-state index in [1.54, 1.807) is 0 Å². The van der Waals surface area contributed by atoms with Crippen LogP contribution in [0.15, 0.2) is 44.6 Å². The van der Waals surface area contributed by atoms with Crippen LogP contribution in [0.4, 0.5) is 0 Å². The van der Waals surface area contributed by atoms with Crippen molar-refractivity contribution in [1.29, 1.82) is 0 Å². The number of carbonyl (C=O) groups is 1. The molecule has 0 atom stereocenters. The van der Waals surface area contributed by atoms with Gasteiger partial charge in [-0.3, -0.25) is 23.2 Å². The number of hydrogen-bond donors (Lipinski definition) is 3. The molecule has 33 heavy (non-hydrogen) atoms. The van der Waals surface area contributed by atoms with Gasteiger partial charge in [0.2, 0.25) is 0 Å². The molecule has 0 saturated carbocycles. The molecule has 9 nitrogen and oxygen atoms in total. The van der Waals surface area contributed by atoms with Crippen LogP contribution in [0.25, 0.3) is 0 Å². The van der Waals surface area contributed by atoms with Gasteiger partial charge < -0.3 is 5.11 Å². The summed E-state index contributed by atoms with van der Waals surface area (Å²) in [5.74, 6) is 0.247. The molecule has 0 saturated heterocycles. The zero-order valence-corrected chi connectivity index (χ0v) is 22.9. The molecule has 2 rings (SSSR count). The van der Waals surface area contributed by atoms with Crippen LogP contribution in [0.3, 0.4) is 0 Å². The highest BCUT2D eigenvalue weighted by molar-refractivity contribution is 9.10. The Morgan fingerprint density at radius 3 is 1.79 bits per heavy atom. The van der Waals surface area contributed by atoms with Crippen LogP contribution in [0.1, 0.15) is 63.7 Å². The van der Waals surface area contributed by atoms with Crippen molar-refractivity contribution in [3.63, 3.8) is 0 Å². The molecule has 1 amide bonds. The molecule has 1 aromatic rings. The number of halogens is 1. The van der Waals surface area contributed by atoms with E-state index >= 15 is 0 Å². The highest BCUT2D eigenvalue weighted by atomic mass is 79.9. The average Bonchev–Trinajstić information content (AvgIpc) is 2.74. The lowest BCUT2D eigenvalue weighted by atomic mass is 10.1. The minimum Gasteiger partial charge on any atom is -0.512 e. The van der Waals surface area contributed by atoms with Gasteiger partial charge in [-0.1, -0.05) is 43.6 Å². The first-order valence-corrected chi connectivity index (χ1v) is 14.8. The molecule has 12 heteroatoms. The Labute approximate surface area is 205 Å². The minimum atomic E-state index is -4.67. The van der Waals surface area contributed by atoms with Crippen molar-refractivity contribution >= 4 is 39.6 Å². The normalized spacial score (nSPS) is 14.8. The van der Waals surface area contributed by atoms with Crippen molar-refractivity contribution in [2.24, 2.45) is 4.74 Å². The fourth-order valence-corrected chi connectivity index (χ4v) is 8.46. The lowest BCUT2D eigenvalue weighted by molar-refractivity contribution is 0.100. The second kappa shape index (κ2) is 13.7. The van der Waals surface area contributed by atoms with E-state index in [9.17, 15) is 9.90 Å². The van der Waals surface area contributed by atoms with Gasteiger partial charge in [-0.25, -0.2) is 0 Å². The Bertz CT molecular complexity index is 950. The molecule has 188 valence electrons. The van der Waals surface area contributed by atoms with E-state index in [2.05, 4.69) is 53.0 Å². The van der Waals surface area contributed by atoms with Crippen molar-refractivity contribution < 1.29 is 27.4 Å². The summed E-state index contributed by atoms with van der Waals surface area (Å²) < 4.78 is 42.1. The molecule has 1 aliphatic carbocycles. The summed E-state index contributed by atoms with van der Waals surface area (Å²) in [6.45, 7) is 11.6. The van der Waals surface area contributed by atoms with E-state index in [1.807, 2.05) is 24.3 Å². The van der Waals surface area contributed by atoms with Crippen molar-refractivity contribution in [3.8, 4) is 0 Å². The largest absolute Gasteiger partial charge is 0.512 e. The van der Waals surface area contributed by atoms with Gasteiger partial charge >= 0.3 is 10.4 Å². The Kier molecular flexibility index (Phi) is 12.5. The maximum Gasteiger partial charge on any atom is 0.394 e. The van der Waals surface area contributed by atoms with E-state index in [-0.39, 0.29) is 5.91 Å². The SMILES string of the molecule is CCN(CC)P(=NC(=O)c1ccc(Br)cc1)(C1=C(O)CCCC1)N(CC)CC.O=S(=O)(O)O. The van der Waals surface area contributed by atoms with E-state index < -0.39 is 17.8 Å². The third-order valence-corrected chi connectivity index (χ3v) is 10.2. The van der Waals surface area contributed by atoms with Crippen LogP contribution in [-0.4, -0.2) is 64.1 Å². The Morgan fingerprint density at radius 1 is 0.970 bits per heavy atom. The second-order valence-corrected chi connectivity index (χ2v) is 12.1. The van der Waals surface area contributed by atoms with Gasteiger partial charge in [0.15, 0.2) is 0 Å². The summed E-state index contributed by atoms with van der Waals surface area (Å²) in [4.78, 5) is 13.3. The van der Waals surface area contributed by atoms with Gasteiger partial charge in [0.25, 0.3) is 5.91 Å². The minimum absolute atomic E-state index is 0.203. The standard InChI is InChI=1S/C21H33BrN3O2P.H2O4S/c1-5-24(6-2)28(25(7-3)8-4,20-12-10-9-11-19(20)26)23-21(27)17-13-15-18(22)16-14-17;1-5(2,3)4/h13-16,26H,5-12H2,1-4H3;(H2,1,2,3,4). The number of aliphatic hydroxyl groups excluding tert-OH is 1. The number of nitrogens with zero attached hydrogens (tertiary/aromatic N) is 3. The summed E-state index contributed by atoms with van der Waals surface area (Å²) >= 11 is 3.43. The van der Waals surface area contributed by atoms with Gasteiger partial charge in [-0.05, 0) is 43.5 Å². The molecule has 0 unspecified atom stereocenters. The summed E-state index contributed by atoms with van der Waals surface area (Å²) in [7, 11) is -7.19. The first-order chi connectivity index (χ1) is 15.4. The number of amides is 1. The van der Waals surface area contributed by atoms with Gasteiger partial charge in [-0.15, -0.1) is 0 Å². The van der Waals surface area contributed by atoms with E-state index in [4.69, 9.17) is 22.3 Å². The maximum atomic E-state index is 13.3. The Morgan fingerprint density at radius 2 is 1.39 bits per heavy atom. The highest BCUT2D eigenvalue weighted by Gasteiger charge is 2.39. The Balaban J connectivity index is 0.000000981. The molecular weight excluding hydrogens is 533 g/mol. The van der Waals surface area contributed by atoms with E-state index in [0.717, 1.165) is 55.2 Å². The predicted octanol–water partition coefficient (Wildman–Crippen LogP) is 5.99. The van der Waals surface area contributed by atoms with Gasteiger partial charge in [0.1, 0.15) is 7.36 Å². The smallest absolute Gasteiger partial charge is 0.394 e. The molecule has 0 spiro atoms. The molecule has 0 radical (unpaired) electrons. The number of hydrogen-bond acceptors (Lipinski definition) is 4. The van der Waals surface area contributed by atoms with Gasteiger partial charge in [0, 0.05) is 48.0 Å². The molecule has 3 N–H and O–H groups in total. The topological polar surface area (TPSA) is 131 Å². The number of aliphatic hydroxyl groups is 1. The Hall–Kier alpha value is -1.07. The van der Waals surface area contributed by atoms with Crippen LogP contribution >= 0.6 is 23.3 Å². The third kappa shape index (κ3) is 8.58. The van der Waals surface area contributed by atoms with Crippen molar-refractivity contribution in [1.82, 2.24) is 9.34 Å². The number of carbonyl (C=O) groups excluding carboxylic acids is 1. The maximum absolute atomic E-state index is 13.3. The lowest BCUT2D eigenvalue weighted by Gasteiger charge is -2.45. The number of rotatable bonds is 8. The molecule has 1 aliphatic rings. The highest BCUT2D eigenvalue weighted by Crippen LogP contribution is 2.66. The van der Waals surface area contributed by atoms with Crippen LogP contribution in [-0.2, 0) is 10.4 Å². The van der Waals surface area contributed by atoms with E-state index in [1.165, 1.54) is 0 Å². The summed E-state index contributed by atoms with van der Waals surface area (Å²) in [6.07, 6.45) is 3.52. The first-order valence-electron chi connectivity index (χ1n) is 11.0. The molecule has 0 fully saturated rings. The molecule has 0 heterocycles. The monoisotopic (exact) mass is 567 g/mol. The molecule has 0 aliphatic heterocycles. The van der Waals surface area contributed by atoms with Crippen LogP contribution in [0, 0.1) is 0 Å². The summed E-state index contributed by atoms with van der Waals surface area (Å²) in [6, 6.07) is 7.36. The third-order valence-electron chi connectivity index (χ3n) is 5.34. The number of allylic oxidation sites excluding steroid dienone is 2. The van der Waals surface area contributed by atoms with Crippen LogP contribution in [0.5, 0.6) is 0 Å². The van der Waals surface area contributed by atoms with Crippen molar-refractivity contribution in [2.45, 2.75) is 53.4 Å². The lowest BCUT2D eigenvalue weighted by Crippen LogP contribution is -2.34. The average molecular weight is 568 g/mol. The van der Waals surface area contributed by atoms with Crippen LogP contribution in [0.2, 0.25) is 0 Å². The van der Waals surface area contributed by atoms with Crippen molar-refractivity contribution in [2.75, 3.05) is 26.2 Å². The number of benzene rings is 1. The molecular formula is C21H35BrN3O6PS. The summed E-state index contributed by atoms with van der Waals surface area (Å²) in [5.41, 5.74) is 0.586. The first kappa shape index (κ1) is 30.0. The quantitative estimate of drug-likeness (QED) is 0.257. The second-order valence-electron chi connectivity index (χ2n) is 7.31. The van der Waals surface area contributed by atoms with Crippen molar-refractivity contribution in [3.05, 3.63) is 45.4 Å². The van der Waals surface area contributed by atoms with Crippen LogP contribution < -0.4 is 0 Å². The molecule has 1 aromatic carbocycles. The summed E-state index contributed by atoms with van der Waals surface area (Å²) in [5, 5.41) is 11.9. The fraction of sp³-hybridized carbons (Fsp3) is 0.571. The predicted molar refractivity (Wildman–Crippen MR) is 136 cm³/mol.